The minimum absolute atomic E-state index is 0.0829. The van der Waals surface area contributed by atoms with Crippen molar-refractivity contribution in [3.05, 3.63) is 18.0 Å². The van der Waals surface area contributed by atoms with Crippen LogP contribution < -0.4 is 0 Å². The van der Waals surface area contributed by atoms with E-state index in [9.17, 15) is 4.79 Å². The molecule has 0 aliphatic carbocycles. The van der Waals surface area contributed by atoms with E-state index in [2.05, 4.69) is 9.68 Å². The first kappa shape index (κ1) is 10.3. The van der Waals surface area contributed by atoms with E-state index in [1.165, 1.54) is 17.2 Å². The van der Waals surface area contributed by atoms with Crippen molar-refractivity contribution in [3.8, 4) is 6.07 Å². The predicted molar refractivity (Wildman–Crippen MR) is 48.3 cm³/mol. The molecule has 1 heterocycles. The molecule has 14 heavy (non-hydrogen) atoms. The van der Waals surface area contributed by atoms with E-state index in [0.717, 1.165) is 6.42 Å². The lowest BCUT2D eigenvalue weighted by Crippen LogP contribution is -2.32. The number of rotatable bonds is 4. The lowest BCUT2D eigenvalue weighted by molar-refractivity contribution is 0.0766. The van der Waals surface area contributed by atoms with Gasteiger partial charge in [0.15, 0.2) is 5.69 Å². The first-order valence-electron chi connectivity index (χ1n) is 4.36. The summed E-state index contributed by atoms with van der Waals surface area (Å²) in [5.41, 5.74) is 0.244. The van der Waals surface area contributed by atoms with Gasteiger partial charge in [-0.3, -0.25) is 4.79 Å². The van der Waals surface area contributed by atoms with Crippen LogP contribution in [0.2, 0.25) is 0 Å². The molecule has 0 bridgehead atoms. The summed E-state index contributed by atoms with van der Waals surface area (Å²) in [5, 5.41) is 12.0. The molecule has 1 aromatic rings. The summed E-state index contributed by atoms with van der Waals surface area (Å²) in [5.74, 6) is -0.262. The van der Waals surface area contributed by atoms with Crippen LogP contribution in [-0.2, 0) is 0 Å². The van der Waals surface area contributed by atoms with Gasteiger partial charge in [-0.1, -0.05) is 12.1 Å². The fourth-order valence-electron chi connectivity index (χ4n) is 1.09. The Morgan fingerprint density at radius 1 is 1.79 bits per heavy atom. The highest BCUT2D eigenvalue weighted by atomic mass is 16.5. The molecule has 0 saturated carbocycles. The monoisotopic (exact) mass is 193 g/mol. The van der Waals surface area contributed by atoms with Crippen molar-refractivity contribution in [2.75, 3.05) is 13.1 Å². The Balaban J connectivity index is 2.69. The van der Waals surface area contributed by atoms with Crippen LogP contribution in [0.5, 0.6) is 0 Å². The number of aromatic nitrogens is 1. The normalized spacial score (nSPS) is 9.43. The van der Waals surface area contributed by atoms with Crippen LogP contribution in [0.3, 0.4) is 0 Å². The van der Waals surface area contributed by atoms with Crippen LogP contribution in [0.4, 0.5) is 0 Å². The van der Waals surface area contributed by atoms with Gasteiger partial charge in [-0.2, -0.15) is 5.26 Å². The highest BCUT2D eigenvalue weighted by molar-refractivity contribution is 5.92. The zero-order valence-electron chi connectivity index (χ0n) is 7.93. The third-order valence-electron chi connectivity index (χ3n) is 1.70. The molecule has 0 unspecified atom stereocenters. The largest absolute Gasteiger partial charge is 0.364 e. The lowest BCUT2D eigenvalue weighted by Gasteiger charge is -2.16. The predicted octanol–water partition coefficient (Wildman–Crippen LogP) is 1.05. The van der Waals surface area contributed by atoms with Crippen molar-refractivity contribution in [2.24, 2.45) is 0 Å². The maximum Gasteiger partial charge on any atom is 0.276 e. The summed E-state index contributed by atoms with van der Waals surface area (Å²) < 4.78 is 4.56. The molecule has 5 nitrogen and oxygen atoms in total. The molecule has 0 fully saturated rings. The maximum atomic E-state index is 11.6. The third kappa shape index (κ3) is 2.33. The Hall–Kier alpha value is -1.83. The minimum atomic E-state index is -0.262. The van der Waals surface area contributed by atoms with Crippen LogP contribution >= 0.6 is 0 Å². The standard InChI is InChI=1S/C9H11N3O2/c1-2-5-12(6-4-10)9(13)8-3-7-14-11-8/h3,7H,2,5-6H2,1H3. The topological polar surface area (TPSA) is 70.1 Å². The van der Waals surface area contributed by atoms with E-state index in [4.69, 9.17) is 5.26 Å². The van der Waals surface area contributed by atoms with Gasteiger partial charge in [0.25, 0.3) is 5.91 Å². The summed E-state index contributed by atoms with van der Waals surface area (Å²) in [7, 11) is 0. The van der Waals surface area contributed by atoms with Crippen LogP contribution in [0, 0.1) is 11.3 Å². The molecular weight excluding hydrogens is 182 g/mol. The van der Waals surface area contributed by atoms with Gasteiger partial charge in [-0.25, -0.2) is 0 Å². The fraction of sp³-hybridized carbons (Fsp3) is 0.444. The van der Waals surface area contributed by atoms with Gasteiger partial charge in [0.05, 0.1) is 6.07 Å². The quantitative estimate of drug-likeness (QED) is 0.670. The Morgan fingerprint density at radius 2 is 2.57 bits per heavy atom. The Morgan fingerprint density at radius 3 is 3.07 bits per heavy atom. The highest BCUT2D eigenvalue weighted by Crippen LogP contribution is 2.02. The molecule has 0 saturated heterocycles. The lowest BCUT2D eigenvalue weighted by atomic mass is 10.3. The average Bonchev–Trinajstić information content (AvgIpc) is 2.69. The number of hydrogen-bond donors (Lipinski definition) is 0. The van der Waals surface area contributed by atoms with Crippen molar-refractivity contribution in [1.29, 1.82) is 5.26 Å². The minimum Gasteiger partial charge on any atom is -0.364 e. The van der Waals surface area contributed by atoms with Gasteiger partial charge in [0.2, 0.25) is 0 Å². The van der Waals surface area contributed by atoms with E-state index >= 15 is 0 Å². The number of nitrogens with zero attached hydrogens (tertiary/aromatic N) is 3. The maximum absolute atomic E-state index is 11.6. The van der Waals surface area contributed by atoms with Gasteiger partial charge in [-0.05, 0) is 6.42 Å². The molecule has 0 radical (unpaired) electrons. The molecular formula is C9H11N3O2. The molecule has 0 N–H and O–H groups in total. The van der Waals surface area contributed by atoms with Crippen molar-refractivity contribution >= 4 is 5.91 Å². The van der Waals surface area contributed by atoms with Gasteiger partial charge in [-0.15, -0.1) is 0 Å². The van der Waals surface area contributed by atoms with Crippen LogP contribution in [0.1, 0.15) is 23.8 Å². The van der Waals surface area contributed by atoms with E-state index < -0.39 is 0 Å². The van der Waals surface area contributed by atoms with Gasteiger partial charge in [0, 0.05) is 12.6 Å². The second-order valence-corrected chi connectivity index (χ2v) is 2.77. The van der Waals surface area contributed by atoms with Crippen LogP contribution in [0.15, 0.2) is 16.9 Å². The van der Waals surface area contributed by atoms with Crippen molar-refractivity contribution in [1.82, 2.24) is 10.1 Å². The molecule has 5 heteroatoms. The molecule has 1 amide bonds. The number of carbonyl (C=O) groups excluding carboxylic acids is 1. The zero-order chi connectivity index (χ0) is 10.4. The van der Waals surface area contributed by atoms with E-state index in [-0.39, 0.29) is 18.1 Å². The summed E-state index contributed by atoms with van der Waals surface area (Å²) >= 11 is 0. The second kappa shape index (κ2) is 5.02. The summed E-state index contributed by atoms with van der Waals surface area (Å²) in [4.78, 5) is 13.1. The average molecular weight is 193 g/mol. The SMILES string of the molecule is CCCN(CC#N)C(=O)c1ccon1. The number of nitriles is 1. The Bertz CT molecular complexity index is 326. The first-order valence-corrected chi connectivity index (χ1v) is 4.36. The van der Waals surface area contributed by atoms with Gasteiger partial charge >= 0.3 is 0 Å². The van der Waals surface area contributed by atoms with Gasteiger partial charge < -0.3 is 9.42 Å². The van der Waals surface area contributed by atoms with Gasteiger partial charge in [0.1, 0.15) is 12.8 Å². The summed E-state index contributed by atoms with van der Waals surface area (Å²) in [6.45, 7) is 2.58. The molecule has 1 aromatic heterocycles. The second-order valence-electron chi connectivity index (χ2n) is 2.77. The highest BCUT2D eigenvalue weighted by Gasteiger charge is 2.16. The van der Waals surface area contributed by atoms with Crippen molar-refractivity contribution < 1.29 is 9.32 Å². The number of amides is 1. The van der Waals surface area contributed by atoms with Crippen LogP contribution in [-0.4, -0.2) is 29.1 Å². The Kier molecular flexibility index (Phi) is 3.68. The van der Waals surface area contributed by atoms with E-state index in [1.54, 1.807) is 0 Å². The molecule has 74 valence electrons. The van der Waals surface area contributed by atoms with E-state index in [1.807, 2.05) is 13.0 Å². The molecule has 1 rings (SSSR count). The Labute approximate surface area is 81.9 Å². The fourth-order valence-corrected chi connectivity index (χ4v) is 1.09. The molecule has 0 aromatic carbocycles. The number of carbonyl (C=O) groups is 1. The smallest absolute Gasteiger partial charge is 0.276 e. The molecule has 0 aliphatic heterocycles. The summed E-state index contributed by atoms with van der Waals surface area (Å²) in [6.07, 6.45) is 2.15. The summed E-state index contributed by atoms with van der Waals surface area (Å²) in [6, 6.07) is 3.43. The first-order chi connectivity index (χ1) is 6.79. The molecule has 0 atom stereocenters. The number of hydrogen-bond acceptors (Lipinski definition) is 4. The van der Waals surface area contributed by atoms with Crippen molar-refractivity contribution in [2.45, 2.75) is 13.3 Å². The van der Waals surface area contributed by atoms with Crippen LogP contribution in [0.25, 0.3) is 0 Å². The van der Waals surface area contributed by atoms with Crippen molar-refractivity contribution in [3.63, 3.8) is 0 Å². The zero-order valence-corrected chi connectivity index (χ0v) is 7.93. The van der Waals surface area contributed by atoms with E-state index in [0.29, 0.717) is 6.54 Å². The molecule has 0 spiro atoms. The molecule has 0 aliphatic rings. The third-order valence-corrected chi connectivity index (χ3v) is 1.70.